The van der Waals surface area contributed by atoms with Crippen LogP contribution in [0.1, 0.15) is 40.5 Å². The Balaban J connectivity index is 2.99. The third-order valence-electron chi connectivity index (χ3n) is 2.42. The molecule has 0 heterocycles. The third-order valence-corrected chi connectivity index (χ3v) is 3.72. The van der Waals surface area contributed by atoms with Gasteiger partial charge in [-0.05, 0) is 30.6 Å². The van der Waals surface area contributed by atoms with Crippen molar-refractivity contribution in [3.05, 3.63) is 0 Å². The second-order valence-corrected chi connectivity index (χ2v) is 5.67. The monoisotopic (exact) mass is 217 g/mol. The highest BCUT2D eigenvalue weighted by Crippen LogP contribution is 2.10. The van der Waals surface area contributed by atoms with Crippen LogP contribution < -0.4 is 5.32 Å². The maximum absolute atomic E-state index is 3.49. The van der Waals surface area contributed by atoms with Gasteiger partial charge in [-0.2, -0.15) is 11.8 Å². The van der Waals surface area contributed by atoms with E-state index < -0.39 is 0 Å². The van der Waals surface area contributed by atoms with Crippen molar-refractivity contribution in [2.45, 2.75) is 40.5 Å². The molecule has 0 spiro atoms. The number of rotatable bonds is 9. The Morgan fingerprint density at radius 3 is 2.43 bits per heavy atom. The summed E-state index contributed by atoms with van der Waals surface area (Å²) in [4.78, 5) is 0. The van der Waals surface area contributed by atoms with E-state index in [9.17, 15) is 0 Å². The molecule has 0 rings (SSSR count). The molecule has 0 aliphatic heterocycles. The van der Waals surface area contributed by atoms with Crippen LogP contribution >= 0.6 is 11.8 Å². The molecule has 0 aromatic carbocycles. The zero-order valence-corrected chi connectivity index (χ0v) is 11.1. The van der Waals surface area contributed by atoms with Crippen molar-refractivity contribution in [1.29, 1.82) is 0 Å². The van der Waals surface area contributed by atoms with Gasteiger partial charge >= 0.3 is 0 Å². The molecule has 1 atom stereocenters. The van der Waals surface area contributed by atoms with E-state index in [1.165, 1.54) is 37.4 Å². The van der Waals surface area contributed by atoms with Gasteiger partial charge < -0.3 is 5.32 Å². The van der Waals surface area contributed by atoms with Gasteiger partial charge in [0, 0.05) is 12.3 Å². The summed E-state index contributed by atoms with van der Waals surface area (Å²) in [5.41, 5.74) is 0. The maximum atomic E-state index is 3.49. The fourth-order valence-electron chi connectivity index (χ4n) is 1.06. The Bertz CT molecular complexity index is 115. The van der Waals surface area contributed by atoms with Gasteiger partial charge in [-0.15, -0.1) is 0 Å². The van der Waals surface area contributed by atoms with E-state index >= 15 is 0 Å². The fourth-order valence-corrected chi connectivity index (χ4v) is 2.16. The number of nitrogens with one attached hydrogen (secondary N) is 1. The second kappa shape index (κ2) is 9.85. The lowest BCUT2D eigenvalue weighted by molar-refractivity contribution is 0.547. The summed E-state index contributed by atoms with van der Waals surface area (Å²) in [7, 11) is 0. The summed E-state index contributed by atoms with van der Waals surface area (Å²) in [6.07, 6.45) is 2.61. The van der Waals surface area contributed by atoms with Crippen molar-refractivity contribution in [1.82, 2.24) is 5.32 Å². The van der Waals surface area contributed by atoms with Crippen LogP contribution in [0.2, 0.25) is 0 Å². The molecule has 0 aromatic heterocycles. The van der Waals surface area contributed by atoms with Crippen LogP contribution in [0.3, 0.4) is 0 Å². The topological polar surface area (TPSA) is 12.0 Å². The van der Waals surface area contributed by atoms with Crippen LogP contribution in [0, 0.1) is 11.8 Å². The molecule has 0 aliphatic rings. The van der Waals surface area contributed by atoms with Gasteiger partial charge in [0.05, 0.1) is 0 Å². The molecule has 0 saturated carbocycles. The number of hydrogen-bond acceptors (Lipinski definition) is 2. The quantitative estimate of drug-likeness (QED) is 0.594. The lowest BCUT2D eigenvalue weighted by Crippen LogP contribution is -2.20. The zero-order valence-electron chi connectivity index (χ0n) is 10.3. The van der Waals surface area contributed by atoms with Crippen molar-refractivity contribution in [2.24, 2.45) is 11.8 Å². The highest BCUT2D eigenvalue weighted by molar-refractivity contribution is 7.99. The molecule has 0 radical (unpaired) electrons. The van der Waals surface area contributed by atoms with Gasteiger partial charge in [-0.25, -0.2) is 0 Å². The maximum Gasteiger partial charge on any atom is 0.00582 e. The Morgan fingerprint density at radius 1 is 1.14 bits per heavy atom. The number of thioether (sulfide) groups is 1. The van der Waals surface area contributed by atoms with Crippen molar-refractivity contribution < 1.29 is 0 Å². The van der Waals surface area contributed by atoms with Crippen LogP contribution in [0.5, 0.6) is 0 Å². The minimum Gasteiger partial charge on any atom is -0.316 e. The van der Waals surface area contributed by atoms with Gasteiger partial charge in [0.2, 0.25) is 0 Å². The predicted molar refractivity (Wildman–Crippen MR) is 69.1 cm³/mol. The van der Waals surface area contributed by atoms with Gasteiger partial charge in [0.1, 0.15) is 0 Å². The average molecular weight is 217 g/mol. The van der Waals surface area contributed by atoms with Crippen LogP contribution in [0.25, 0.3) is 0 Å². The van der Waals surface area contributed by atoms with Crippen LogP contribution in [-0.4, -0.2) is 24.6 Å². The summed E-state index contributed by atoms with van der Waals surface area (Å²) in [6.45, 7) is 11.5. The highest BCUT2D eigenvalue weighted by Gasteiger charge is 1.98. The van der Waals surface area contributed by atoms with Crippen molar-refractivity contribution in [3.8, 4) is 0 Å². The minimum atomic E-state index is 0.829. The summed E-state index contributed by atoms with van der Waals surface area (Å²) in [5.74, 6) is 4.30. The molecule has 14 heavy (non-hydrogen) atoms. The molecule has 86 valence electrons. The molecule has 1 unspecified atom stereocenters. The SMILES string of the molecule is CCC(C)CSCCNCCC(C)C. The molecule has 0 aromatic rings. The average Bonchev–Trinajstić information content (AvgIpc) is 2.15. The Labute approximate surface area is 94.4 Å². The molecule has 1 N–H and O–H groups in total. The van der Waals surface area contributed by atoms with E-state index in [4.69, 9.17) is 0 Å². The lowest BCUT2D eigenvalue weighted by Gasteiger charge is -2.09. The standard InChI is InChI=1S/C12H27NS/c1-5-12(4)10-14-9-8-13-7-6-11(2)3/h11-13H,5-10H2,1-4H3. The summed E-state index contributed by atoms with van der Waals surface area (Å²) < 4.78 is 0. The minimum absolute atomic E-state index is 0.829. The van der Waals surface area contributed by atoms with Gasteiger partial charge in [0.25, 0.3) is 0 Å². The fraction of sp³-hybridized carbons (Fsp3) is 1.00. The zero-order chi connectivity index (χ0) is 10.8. The third kappa shape index (κ3) is 10.4. The molecule has 0 fully saturated rings. The lowest BCUT2D eigenvalue weighted by atomic mass is 10.1. The van der Waals surface area contributed by atoms with E-state index in [-0.39, 0.29) is 0 Å². The van der Waals surface area contributed by atoms with Crippen molar-refractivity contribution >= 4 is 11.8 Å². The largest absolute Gasteiger partial charge is 0.316 e. The smallest absolute Gasteiger partial charge is 0.00582 e. The first-order valence-corrected chi connectivity index (χ1v) is 7.10. The first-order chi connectivity index (χ1) is 6.66. The van der Waals surface area contributed by atoms with Crippen molar-refractivity contribution in [3.63, 3.8) is 0 Å². The van der Waals surface area contributed by atoms with E-state index in [0.717, 1.165) is 11.8 Å². The van der Waals surface area contributed by atoms with Gasteiger partial charge in [-0.1, -0.05) is 34.1 Å². The Kier molecular flexibility index (Phi) is 10.1. The molecular weight excluding hydrogens is 190 g/mol. The second-order valence-electron chi connectivity index (χ2n) is 4.52. The summed E-state index contributed by atoms with van der Waals surface area (Å²) >= 11 is 2.08. The van der Waals surface area contributed by atoms with Gasteiger partial charge in [-0.3, -0.25) is 0 Å². The first kappa shape index (κ1) is 14.3. The van der Waals surface area contributed by atoms with E-state index in [2.05, 4.69) is 44.8 Å². The van der Waals surface area contributed by atoms with Crippen LogP contribution in [0.4, 0.5) is 0 Å². The molecule has 0 saturated heterocycles. The molecule has 0 amide bonds. The number of hydrogen-bond donors (Lipinski definition) is 1. The molecule has 1 nitrogen and oxygen atoms in total. The van der Waals surface area contributed by atoms with Crippen LogP contribution in [0.15, 0.2) is 0 Å². The van der Waals surface area contributed by atoms with Crippen LogP contribution in [-0.2, 0) is 0 Å². The summed E-state index contributed by atoms with van der Waals surface area (Å²) in [6, 6.07) is 0. The van der Waals surface area contributed by atoms with E-state index in [1.54, 1.807) is 0 Å². The molecule has 0 aliphatic carbocycles. The van der Waals surface area contributed by atoms with E-state index in [0.29, 0.717) is 0 Å². The molecule has 2 heteroatoms. The molecule has 0 bridgehead atoms. The Hall–Kier alpha value is 0.310. The normalized spacial score (nSPS) is 13.5. The Morgan fingerprint density at radius 2 is 1.86 bits per heavy atom. The summed E-state index contributed by atoms with van der Waals surface area (Å²) in [5, 5.41) is 3.49. The van der Waals surface area contributed by atoms with Crippen molar-refractivity contribution in [2.75, 3.05) is 24.6 Å². The predicted octanol–water partition coefficient (Wildman–Crippen LogP) is 3.40. The highest BCUT2D eigenvalue weighted by atomic mass is 32.2. The molecular formula is C12H27NS. The van der Waals surface area contributed by atoms with E-state index in [1.807, 2.05) is 0 Å². The van der Waals surface area contributed by atoms with Gasteiger partial charge in [0.15, 0.2) is 0 Å². The first-order valence-electron chi connectivity index (χ1n) is 5.95.